The molecule has 3 heterocycles. The molecular weight excluding hydrogens is 362 g/mol. The van der Waals surface area contributed by atoms with Gasteiger partial charge in [-0.1, -0.05) is 18.2 Å². The Morgan fingerprint density at radius 3 is 2.74 bits per heavy atom. The molecule has 0 N–H and O–H groups in total. The number of sulfonamides is 1. The van der Waals surface area contributed by atoms with E-state index in [-0.39, 0.29) is 10.9 Å². The number of hydrogen-bond acceptors (Lipinski definition) is 5. The van der Waals surface area contributed by atoms with Crippen molar-refractivity contribution in [2.75, 3.05) is 19.6 Å². The van der Waals surface area contributed by atoms with Crippen LogP contribution in [0.3, 0.4) is 0 Å². The van der Waals surface area contributed by atoms with Crippen LogP contribution >= 0.6 is 0 Å². The molecule has 1 aromatic heterocycles. The molecule has 1 saturated heterocycles. The molecule has 1 fully saturated rings. The Morgan fingerprint density at radius 2 is 2.00 bits per heavy atom. The topological polar surface area (TPSA) is 62.7 Å². The number of benzene rings is 1. The van der Waals surface area contributed by atoms with Gasteiger partial charge in [0.05, 0.1) is 6.54 Å². The van der Waals surface area contributed by atoms with Crippen LogP contribution < -0.4 is 4.74 Å². The average Bonchev–Trinajstić information content (AvgIpc) is 2.98. The number of hydrogen-bond donors (Lipinski definition) is 0. The summed E-state index contributed by atoms with van der Waals surface area (Å²) in [5.41, 5.74) is 0.614. The fourth-order valence-electron chi connectivity index (χ4n) is 3.99. The maximum atomic E-state index is 13.2. The zero-order chi connectivity index (χ0) is 19.1. The fraction of sp³-hybridized carbons (Fsp3) is 0.450. The molecule has 0 aliphatic carbocycles. The van der Waals surface area contributed by atoms with Crippen LogP contribution in [0.2, 0.25) is 0 Å². The summed E-state index contributed by atoms with van der Waals surface area (Å²) in [6.45, 7) is 6.54. The zero-order valence-corrected chi connectivity index (χ0v) is 16.5. The van der Waals surface area contributed by atoms with E-state index in [1.54, 1.807) is 28.7 Å². The van der Waals surface area contributed by atoms with Crippen molar-refractivity contribution in [3.8, 4) is 5.75 Å². The van der Waals surface area contributed by atoms with Gasteiger partial charge in [0, 0.05) is 44.5 Å². The van der Waals surface area contributed by atoms with E-state index in [1.165, 1.54) is 0 Å². The highest BCUT2D eigenvalue weighted by Gasteiger charge is 2.48. The van der Waals surface area contributed by atoms with E-state index in [0.717, 1.165) is 25.1 Å². The first-order valence-corrected chi connectivity index (χ1v) is 10.7. The Morgan fingerprint density at radius 1 is 1.19 bits per heavy atom. The minimum absolute atomic E-state index is 0.131. The Balaban J connectivity index is 1.66. The van der Waals surface area contributed by atoms with Crippen LogP contribution in [0.15, 0.2) is 53.7 Å². The van der Waals surface area contributed by atoms with Crippen LogP contribution in [0.4, 0.5) is 0 Å². The van der Waals surface area contributed by atoms with E-state index in [9.17, 15) is 8.42 Å². The summed E-state index contributed by atoms with van der Waals surface area (Å²) in [7, 11) is -3.58. The summed E-state index contributed by atoms with van der Waals surface area (Å²) in [5, 5.41) is 0. The second-order valence-electron chi connectivity index (χ2n) is 7.70. The van der Waals surface area contributed by atoms with Crippen LogP contribution in [0.25, 0.3) is 0 Å². The summed E-state index contributed by atoms with van der Waals surface area (Å²) < 4.78 is 34.4. The van der Waals surface area contributed by atoms with Gasteiger partial charge in [-0.3, -0.25) is 9.88 Å². The summed E-state index contributed by atoms with van der Waals surface area (Å²) in [5.74, 6) is 0.462. The van der Waals surface area contributed by atoms with Crippen molar-refractivity contribution < 1.29 is 13.2 Å². The molecule has 0 saturated carbocycles. The van der Waals surface area contributed by atoms with Crippen molar-refractivity contribution in [2.45, 2.75) is 43.4 Å². The molecule has 6 nitrogen and oxygen atoms in total. The third-order valence-corrected chi connectivity index (χ3v) is 7.37. The highest BCUT2D eigenvalue weighted by Crippen LogP contribution is 2.39. The highest BCUT2D eigenvalue weighted by molar-refractivity contribution is 7.89. The van der Waals surface area contributed by atoms with Crippen molar-refractivity contribution in [1.29, 1.82) is 0 Å². The van der Waals surface area contributed by atoms with Gasteiger partial charge in [0.2, 0.25) is 10.0 Å². The normalized spacial score (nSPS) is 25.3. The lowest BCUT2D eigenvalue weighted by Crippen LogP contribution is -2.51. The van der Waals surface area contributed by atoms with Crippen LogP contribution in [-0.2, 0) is 16.6 Å². The predicted octanol–water partition coefficient (Wildman–Crippen LogP) is 2.52. The molecule has 1 aromatic carbocycles. The number of nitrogens with zero attached hydrogens (tertiary/aromatic N) is 3. The first-order valence-electron chi connectivity index (χ1n) is 9.31. The number of pyridine rings is 1. The van der Waals surface area contributed by atoms with Crippen molar-refractivity contribution in [2.24, 2.45) is 0 Å². The molecule has 2 aliphatic heterocycles. The number of para-hydroxylation sites is 1. The largest absolute Gasteiger partial charge is 0.483 e. The van der Waals surface area contributed by atoms with Crippen LogP contribution in [0, 0.1) is 0 Å². The van der Waals surface area contributed by atoms with Gasteiger partial charge < -0.3 is 4.74 Å². The van der Waals surface area contributed by atoms with Crippen molar-refractivity contribution in [3.05, 3.63) is 54.4 Å². The monoisotopic (exact) mass is 387 g/mol. The molecule has 1 atom stereocenters. The molecule has 0 amide bonds. The molecule has 1 spiro atoms. The van der Waals surface area contributed by atoms with E-state index in [4.69, 9.17) is 4.74 Å². The van der Waals surface area contributed by atoms with Crippen molar-refractivity contribution in [3.63, 3.8) is 0 Å². The molecule has 7 heteroatoms. The van der Waals surface area contributed by atoms with Crippen molar-refractivity contribution >= 4 is 10.0 Å². The van der Waals surface area contributed by atoms with Gasteiger partial charge in [0.25, 0.3) is 0 Å². The predicted molar refractivity (Wildman–Crippen MR) is 103 cm³/mol. The first kappa shape index (κ1) is 18.4. The molecule has 4 rings (SSSR count). The van der Waals surface area contributed by atoms with Gasteiger partial charge in [-0.05, 0) is 37.6 Å². The van der Waals surface area contributed by atoms with Crippen LogP contribution in [-0.4, -0.2) is 53.9 Å². The highest BCUT2D eigenvalue weighted by atomic mass is 32.2. The number of rotatable bonds is 3. The Hall–Kier alpha value is -1.96. The molecular formula is C20H25N3O3S. The summed E-state index contributed by atoms with van der Waals surface area (Å²) in [6, 6.07) is 10.9. The van der Waals surface area contributed by atoms with Gasteiger partial charge in [-0.2, -0.15) is 4.31 Å². The second-order valence-corrected chi connectivity index (χ2v) is 9.56. The number of ether oxygens (including phenoxy) is 1. The molecule has 2 aliphatic rings. The lowest BCUT2D eigenvalue weighted by Gasteiger charge is -2.33. The van der Waals surface area contributed by atoms with Gasteiger partial charge >= 0.3 is 0 Å². The van der Waals surface area contributed by atoms with E-state index in [0.29, 0.717) is 18.8 Å². The van der Waals surface area contributed by atoms with Gasteiger partial charge in [0.15, 0.2) is 0 Å². The third kappa shape index (κ3) is 3.47. The quantitative estimate of drug-likeness (QED) is 0.810. The van der Waals surface area contributed by atoms with Crippen molar-refractivity contribution in [1.82, 2.24) is 14.2 Å². The number of likely N-dealkylation sites (tertiary alicyclic amines) is 1. The summed E-state index contributed by atoms with van der Waals surface area (Å²) >= 11 is 0. The number of fused-ring (bicyclic) bond motifs is 1. The summed E-state index contributed by atoms with van der Waals surface area (Å²) in [6.07, 6.45) is 4.44. The van der Waals surface area contributed by atoms with E-state index >= 15 is 0 Å². The maximum Gasteiger partial charge on any atom is 0.247 e. The van der Waals surface area contributed by atoms with Gasteiger partial charge in [0.1, 0.15) is 16.2 Å². The third-order valence-electron chi connectivity index (χ3n) is 5.31. The minimum Gasteiger partial charge on any atom is -0.483 e. The average molecular weight is 388 g/mol. The van der Waals surface area contributed by atoms with E-state index in [1.807, 2.05) is 32.2 Å². The zero-order valence-electron chi connectivity index (χ0n) is 15.7. The first-order chi connectivity index (χ1) is 12.9. The minimum atomic E-state index is -3.58. The van der Waals surface area contributed by atoms with Crippen LogP contribution in [0.5, 0.6) is 5.75 Å². The fourth-order valence-corrected chi connectivity index (χ4v) is 5.82. The molecule has 27 heavy (non-hydrogen) atoms. The second kappa shape index (κ2) is 6.89. The Kier molecular flexibility index (Phi) is 4.70. The molecule has 0 bridgehead atoms. The number of aromatic nitrogens is 1. The molecule has 2 aromatic rings. The smallest absolute Gasteiger partial charge is 0.247 e. The van der Waals surface area contributed by atoms with E-state index in [2.05, 4.69) is 16.0 Å². The Labute approximate surface area is 160 Å². The van der Waals surface area contributed by atoms with E-state index < -0.39 is 15.6 Å². The lowest BCUT2D eigenvalue weighted by atomic mass is 10.0. The van der Waals surface area contributed by atoms with Gasteiger partial charge in [-0.15, -0.1) is 0 Å². The van der Waals surface area contributed by atoms with Gasteiger partial charge in [-0.25, -0.2) is 8.42 Å². The standard InChI is InChI=1S/C20H25N3O3S/c1-16(2)23-15-20(26-18-7-3-4-8-19(18)27(23,24)25)9-11-22(14-20)13-17-6-5-10-21-12-17/h3-8,10,12,16H,9,11,13-15H2,1-2H3/t20-/m1/s1. The Bertz CT molecular complexity index is 917. The van der Waals surface area contributed by atoms with Crippen LogP contribution in [0.1, 0.15) is 25.8 Å². The molecule has 0 radical (unpaired) electrons. The molecule has 0 unspecified atom stereocenters. The lowest BCUT2D eigenvalue weighted by molar-refractivity contribution is 0.0532. The summed E-state index contributed by atoms with van der Waals surface area (Å²) in [4.78, 5) is 6.76. The maximum absolute atomic E-state index is 13.2. The molecule has 144 valence electrons. The SMILES string of the molecule is CC(C)N1C[C@]2(CCN(Cc3cccnc3)C2)Oc2ccccc2S1(=O)=O.